The monoisotopic (exact) mass is 427 g/mol. The molecular weight excluding hydrogens is 406 g/mol. The summed E-state index contributed by atoms with van der Waals surface area (Å²) in [5.74, 6) is 1.16. The molecule has 0 saturated carbocycles. The van der Waals surface area contributed by atoms with Gasteiger partial charge in [-0.05, 0) is 47.5 Å². The minimum Gasteiger partial charge on any atom is -0.504 e. The molecule has 7 heteroatoms. The first-order valence-electron chi connectivity index (χ1n) is 9.84. The molecule has 0 saturated heterocycles. The number of hydrogen-bond donors (Lipinski definition) is 1. The number of phenols is 1. The quantitative estimate of drug-likeness (QED) is 0.475. The van der Waals surface area contributed by atoms with Gasteiger partial charge in [-0.25, -0.2) is 4.99 Å². The van der Waals surface area contributed by atoms with Crippen molar-refractivity contribution < 1.29 is 19.4 Å². The molecule has 0 aromatic heterocycles. The van der Waals surface area contributed by atoms with Gasteiger partial charge < -0.3 is 14.6 Å². The number of carbonyl (C=O) groups is 1. The molecule has 1 aliphatic rings. The van der Waals surface area contributed by atoms with Crippen molar-refractivity contribution in [2.45, 2.75) is 0 Å². The summed E-state index contributed by atoms with van der Waals surface area (Å²) < 4.78 is 10.3. The molecular formula is C25H21N3O4. The van der Waals surface area contributed by atoms with E-state index in [1.165, 1.54) is 24.4 Å². The Hall–Kier alpha value is -4.39. The summed E-state index contributed by atoms with van der Waals surface area (Å²) in [7, 11) is 3.07. The lowest BCUT2D eigenvalue weighted by Gasteiger charge is -2.12. The van der Waals surface area contributed by atoms with Gasteiger partial charge in [-0.1, -0.05) is 42.5 Å². The van der Waals surface area contributed by atoms with Crippen molar-refractivity contribution in [3.63, 3.8) is 0 Å². The molecule has 1 aliphatic heterocycles. The number of carbonyl (C=O) groups excluding carboxylic acids is 1. The molecule has 0 spiro atoms. The molecule has 3 aromatic carbocycles. The van der Waals surface area contributed by atoms with Gasteiger partial charge >= 0.3 is 0 Å². The zero-order valence-corrected chi connectivity index (χ0v) is 17.6. The molecule has 0 fully saturated rings. The maximum absolute atomic E-state index is 13.2. The number of nitrogens with zero attached hydrogens (tertiary/aromatic N) is 3. The van der Waals surface area contributed by atoms with E-state index in [-0.39, 0.29) is 17.4 Å². The van der Waals surface area contributed by atoms with E-state index in [1.807, 2.05) is 54.6 Å². The topological polar surface area (TPSA) is 83.7 Å². The fourth-order valence-corrected chi connectivity index (χ4v) is 3.15. The van der Waals surface area contributed by atoms with Crippen molar-refractivity contribution in [3.05, 3.63) is 95.2 Å². The van der Waals surface area contributed by atoms with Gasteiger partial charge in [-0.2, -0.15) is 10.1 Å². The smallest absolute Gasteiger partial charge is 0.298 e. The molecule has 0 radical (unpaired) electrons. The normalized spacial score (nSPS) is 14.8. The molecule has 1 heterocycles. The third kappa shape index (κ3) is 4.37. The Morgan fingerprint density at radius 2 is 1.66 bits per heavy atom. The number of amides is 1. The second kappa shape index (κ2) is 9.18. The Labute approximate surface area is 185 Å². The third-order valence-corrected chi connectivity index (χ3v) is 4.82. The lowest BCUT2D eigenvalue weighted by molar-refractivity contribution is -0.122. The molecule has 1 N–H and O–H groups in total. The van der Waals surface area contributed by atoms with Gasteiger partial charge in [0.2, 0.25) is 0 Å². The van der Waals surface area contributed by atoms with Gasteiger partial charge in [0.1, 0.15) is 11.4 Å². The molecule has 7 nitrogen and oxygen atoms in total. The molecule has 160 valence electrons. The lowest BCUT2D eigenvalue weighted by atomic mass is 10.2. The molecule has 1 amide bonds. The van der Waals surface area contributed by atoms with E-state index in [2.05, 4.69) is 10.1 Å². The summed E-state index contributed by atoms with van der Waals surface area (Å²) in [4.78, 5) is 17.7. The van der Waals surface area contributed by atoms with E-state index in [1.54, 1.807) is 25.3 Å². The van der Waals surface area contributed by atoms with Gasteiger partial charge in [0.05, 0.1) is 20.4 Å². The molecule has 3 aromatic rings. The van der Waals surface area contributed by atoms with Crippen molar-refractivity contribution in [2.75, 3.05) is 14.2 Å². The fourth-order valence-electron chi connectivity index (χ4n) is 3.15. The number of aromatic hydroxyl groups is 1. The first kappa shape index (κ1) is 20.9. The Kier molecular flexibility index (Phi) is 5.98. The number of amidine groups is 1. The van der Waals surface area contributed by atoms with Crippen molar-refractivity contribution in [2.24, 2.45) is 10.1 Å². The lowest BCUT2D eigenvalue weighted by Crippen LogP contribution is -2.27. The number of ether oxygens (including phenoxy) is 2. The minimum atomic E-state index is -0.346. The Morgan fingerprint density at radius 1 is 0.938 bits per heavy atom. The van der Waals surface area contributed by atoms with Crippen molar-refractivity contribution in [3.8, 4) is 17.2 Å². The number of benzene rings is 3. The summed E-state index contributed by atoms with van der Waals surface area (Å²) in [6.07, 6.45) is 3.23. The highest BCUT2D eigenvalue weighted by Gasteiger charge is 2.31. The second-order valence-corrected chi connectivity index (χ2v) is 6.90. The number of methoxy groups -OCH3 is 2. The number of phenolic OH excluding ortho intramolecular Hbond substituents is 1. The van der Waals surface area contributed by atoms with Gasteiger partial charge in [-0.3, -0.25) is 4.79 Å². The van der Waals surface area contributed by atoms with Gasteiger partial charge in [-0.15, -0.1) is 0 Å². The first-order valence-corrected chi connectivity index (χ1v) is 9.84. The Bertz CT molecular complexity index is 1220. The summed E-state index contributed by atoms with van der Waals surface area (Å²) in [6, 6.07) is 21.5. The highest BCUT2D eigenvalue weighted by Crippen LogP contribution is 2.26. The van der Waals surface area contributed by atoms with Crippen LogP contribution in [0.1, 0.15) is 16.7 Å². The van der Waals surface area contributed by atoms with E-state index in [4.69, 9.17) is 9.47 Å². The van der Waals surface area contributed by atoms with Crippen LogP contribution in [0.2, 0.25) is 0 Å². The van der Waals surface area contributed by atoms with Crippen molar-refractivity contribution in [1.82, 2.24) is 5.01 Å². The number of hydrogen-bond acceptors (Lipinski definition) is 6. The van der Waals surface area contributed by atoms with Crippen LogP contribution in [0.3, 0.4) is 0 Å². The van der Waals surface area contributed by atoms with Gasteiger partial charge in [0, 0.05) is 5.56 Å². The number of rotatable bonds is 6. The molecule has 0 unspecified atom stereocenters. The van der Waals surface area contributed by atoms with Crippen LogP contribution in [0.15, 0.2) is 88.6 Å². The van der Waals surface area contributed by atoms with E-state index in [0.717, 1.165) is 16.9 Å². The summed E-state index contributed by atoms with van der Waals surface area (Å²) in [6.45, 7) is 0. The van der Waals surface area contributed by atoms with Crippen molar-refractivity contribution >= 4 is 24.0 Å². The van der Waals surface area contributed by atoms with Crippen LogP contribution in [0.25, 0.3) is 6.08 Å². The second-order valence-electron chi connectivity index (χ2n) is 6.90. The largest absolute Gasteiger partial charge is 0.504 e. The molecule has 4 rings (SSSR count). The van der Waals surface area contributed by atoms with E-state index < -0.39 is 0 Å². The predicted molar refractivity (Wildman–Crippen MR) is 123 cm³/mol. The highest BCUT2D eigenvalue weighted by molar-refractivity contribution is 6.19. The minimum absolute atomic E-state index is 0.0261. The van der Waals surface area contributed by atoms with Crippen LogP contribution in [0.5, 0.6) is 17.2 Å². The molecule has 0 bridgehead atoms. The first-order chi connectivity index (χ1) is 15.6. The van der Waals surface area contributed by atoms with Gasteiger partial charge in [0.15, 0.2) is 17.3 Å². The average Bonchev–Trinajstić information content (AvgIpc) is 3.14. The molecule has 0 atom stereocenters. The molecule has 32 heavy (non-hydrogen) atoms. The molecule has 0 aliphatic carbocycles. The zero-order valence-electron chi connectivity index (χ0n) is 17.6. The van der Waals surface area contributed by atoms with Crippen LogP contribution >= 0.6 is 0 Å². The van der Waals surface area contributed by atoms with E-state index in [9.17, 15) is 9.90 Å². The number of hydrazone groups is 1. The predicted octanol–water partition coefficient (Wildman–Crippen LogP) is 4.07. The summed E-state index contributed by atoms with van der Waals surface area (Å²) >= 11 is 0. The number of aliphatic imine (C=N–C) groups is 1. The average molecular weight is 427 g/mol. The zero-order chi connectivity index (χ0) is 22.5. The SMILES string of the molecule is COc1ccc(/C=C2/N=C(c3ccccc3)N(/N=C/c3ccc(O)c(OC)c3)C2=O)cc1. The maximum atomic E-state index is 13.2. The Morgan fingerprint density at radius 3 is 2.34 bits per heavy atom. The van der Waals surface area contributed by atoms with Crippen LogP contribution in [0.4, 0.5) is 0 Å². The fraction of sp³-hybridized carbons (Fsp3) is 0.0800. The van der Waals surface area contributed by atoms with E-state index in [0.29, 0.717) is 17.1 Å². The standard InChI is InChI=1S/C25H21N3O4/c1-31-20-11-8-17(9-12-20)14-21-25(30)28(24(27-21)19-6-4-3-5-7-19)26-16-18-10-13-22(29)23(15-18)32-2/h3-16,29H,1-2H3/b21-14+,26-16+. The maximum Gasteiger partial charge on any atom is 0.298 e. The Balaban J connectivity index is 1.69. The highest BCUT2D eigenvalue weighted by atomic mass is 16.5. The summed E-state index contributed by atoms with van der Waals surface area (Å²) in [5, 5.41) is 15.4. The van der Waals surface area contributed by atoms with Crippen molar-refractivity contribution in [1.29, 1.82) is 0 Å². The van der Waals surface area contributed by atoms with Crippen LogP contribution < -0.4 is 9.47 Å². The van der Waals surface area contributed by atoms with Crippen LogP contribution in [-0.2, 0) is 4.79 Å². The van der Waals surface area contributed by atoms with Crippen LogP contribution in [-0.4, -0.2) is 42.3 Å². The summed E-state index contributed by atoms with van der Waals surface area (Å²) in [5.41, 5.74) is 2.51. The van der Waals surface area contributed by atoms with Crippen LogP contribution in [0, 0.1) is 0 Å². The third-order valence-electron chi connectivity index (χ3n) is 4.82. The van der Waals surface area contributed by atoms with Gasteiger partial charge in [0.25, 0.3) is 5.91 Å². The van der Waals surface area contributed by atoms with E-state index >= 15 is 0 Å².